The van der Waals surface area contributed by atoms with E-state index in [-0.39, 0.29) is 29.6 Å². The van der Waals surface area contributed by atoms with E-state index in [1.54, 1.807) is 34.6 Å². The lowest BCUT2D eigenvalue weighted by atomic mass is 9.58. The molecule has 2 saturated heterocycles. The van der Waals surface area contributed by atoms with Crippen molar-refractivity contribution in [3.63, 3.8) is 0 Å². The van der Waals surface area contributed by atoms with Crippen LogP contribution in [0, 0.1) is 39.9 Å². The standard InChI is InChI=1S/C35H51NO8/c1-18-16-34-19(2)14-22-23(32(22,8)9)21(25(34)37)15-20-17-41-33(10,11)43-27(20)35(34,40)26(18)42-28(38)24-31(6,7)12-13-36(24)29(39)44-30(3,4)5/h15-16,19,21-24,26-27,40H,12-14,17H2,1-11H3/t19-,21+,22-,23+,24+,26+,27-,34+,35-/m1/s1. The molecule has 6 rings (SSSR count). The SMILES string of the molecule is CC1=C[C@]23C(=O)[C@@H](C=C4COC(C)(C)O[C@H]4[C@]2(O)[C@H]1OC(=O)[C@@H]1N(C(=O)OC(C)(C)C)CCC1(C)C)[C@H]1[C@@H](C[C@H]3C)C1(C)C. The number of esters is 1. The molecule has 1 N–H and O–H groups in total. The van der Waals surface area contributed by atoms with Crippen LogP contribution in [-0.2, 0) is 28.5 Å². The Morgan fingerprint density at radius 1 is 1.11 bits per heavy atom. The number of nitrogens with zero attached hydrogens (tertiary/aromatic N) is 1. The molecule has 9 atom stereocenters. The van der Waals surface area contributed by atoms with Crippen LogP contribution in [0.2, 0.25) is 0 Å². The number of carbonyl (C=O) groups excluding carboxylic acids is 3. The third-order valence-electron chi connectivity index (χ3n) is 11.8. The molecule has 2 aliphatic heterocycles. The fraction of sp³-hybridized carbons (Fsp3) is 0.800. The van der Waals surface area contributed by atoms with Crippen LogP contribution in [0.5, 0.6) is 0 Å². The van der Waals surface area contributed by atoms with E-state index in [1.807, 2.05) is 39.8 Å². The second kappa shape index (κ2) is 9.41. The summed E-state index contributed by atoms with van der Waals surface area (Å²) in [6, 6.07) is -0.929. The molecule has 1 spiro atoms. The molecule has 9 nitrogen and oxygen atoms in total. The summed E-state index contributed by atoms with van der Waals surface area (Å²) in [4.78, 5) is 44.0. The number of hydrogen-bond donors (Lipinski definition) is 1. The summed E-state index contributed by atoms with van der Waals surface area (Å²) >= 11 is 0. The zero-order valence-electron chi connectivity index (χ0n) is 28.3. The molecule has 9 heteroatoms. The van der Waals surface area contributed by atoms with Crippen molar-refractivity contribution < 1.29 is 38.4 Å². The van der Waals surface area contributed by atoms with Gasteiger partial charge in [-0.25, -0.2) is 9.59 Å². The highest BCUT2D eigenvalue weighted by Gasteiger charge is 2.77. The van der Waals surface area contributed by atoms with Gasteiger partial charge in [0.2, 0.25) is 0 Å². The smallest absolute Gasteiger partial charge is 0.411 e. The highest BCUT2D eigenvalue weighted by molar-refractivity contribution is 5.95. The predicted octanol–water partition coefficient (Wildman–Crippen LogP) is 5.20. The number of fused-ring (bicyclic) bond motifs is 5. The van der Waals surface area contributed by atoms with Crippen molar-refractivity contribution in [2.75, 3.05) is 13.2 Å². The first-order valence-corrected chi connectivity index (χ1v) is 16.3. The molecule has 0 aromatic carbocycles. The molecule has 4 fully saturated rings. The molecule has 0 aromatic rings. The predicted molar refractivity (Wildman–Crippen MR) is 162 cm³/mol. The van der Waals surface area contributed by atoms with E-state index in [2.05, 4.69) is 13.8 Å². The van der Waals surface area contributed by atoms with Gasteiger partial charge in [0.05, 0.1) is 12.0 Å². The number of rotatable bonds is 2. The fourth-order valence-corrected chi connectivity index (χ4v) is 9.54. The van der Waals surface area contributed by atoms with Crippen LogP contribution in [0.1, 0.15) is 89.0 Å². The van der Waals surface area contributed by atoms with Crippen LogP contribution in [0.15, 0.2) is 23.3 Å². The van der Waals surface area contributed by atoms with Crippen LogP contribution >= 0.6 is 0 Å². The summed E-state index contributed by atoms with van der Waals surface area (Å²) in [6.07, 6.45) is 2.55. The van der Waals surface area contributed by atoms with Crippen LogP contribution in [0.4, 0.5) is 4.79 Å². The minimum absolute atomic E-state index is 0.00324. The van der Waals surface area contributed by atoms with Crippen LogP contribution in [-0.4, -0.2) is 76.2 Å². The van der Waals surface area contributed by atoms with Gasteiger partial charge in [-0.15, -0.1) is 0 Å². The molecule has 2 bridgehead atoms. The van der Waals surface area contributed by atoms with E-state index in [0.717, 1.165) is 6.42 Å². The summed E-state index contributed by atoms with van der Waals surface area (Å²) in [5.74, 6) is -1.86. The Balaban J connectivity index is 1.43. The number of aliphatic hydroxyl groups is 1. The van der Waals surface area contributed by atoms with Gasteiger partial charge < -0.3 is 24.1 Å². The highest BCUT2D eigenvalue weighted by Crippen LogP contribution is 2.72. The van der Waals surface area contributed by atoms with Gasteiger partial charge in [-0.2, -0.15) is 0 Å². The van der Waals surface area contributed by atoms with Gasteiger partial charge in [0.1, 0.15) is 17.7 Å². The highest BCUT2D eigenvalue weighted by atomic mass is 16.7. The number of hydrogen-bond acceptors (Lipinski definition) is 8. The molecule has 0 unspecified atom stereocenters. The van der Waals surface area contributed by atoms with E-state index in [9.17, 15) is 19.5 Å². The van der Waals surface area contributed by atoms with Crippen LogP contribution < -0.4 is 0 Å². The molecule has 2 saturated carbocycles. The van der Waals surface area contributed by atoms with Gasteiger partial charge in [-0.3, -0.25) is 9.69 Å². The summed E-state index contributed by atoms with van der Waals surface area (Å²) in [7, 11) is 0. The van der Waals surface area contributed by atoms with Crippen molar-refractivity contribution >= 4 is 17.8 Å². The Labute approximate surface area is 261 Å². The lowest BCUT2D eigenvalue weighted by Crippen LogP contribution is -2.68. The quantitative estimate of drug-likeness (QED) is 0.334. The van der Waals surface area contributed by atoms with E-state index in [4.69, 9.17) is 18.9 Å². The van der Waals surface area contributed by atoms with Gasteiger partial charge in [0.15, 0.2) is 23.3 Å². The number of ketones is 1. The Bertz CT molecular complexity index is 1350. The van der Waals surface area contributed by atoms with Crippen LogP contribution in [0.25, 0.3) is 0 Å². The third-order valence-corrected chi connectivity index (χ3v) is 11.8. The lowest BCUT2D eigenvalue weighted by molar-refractivity contribution is -0.304. The normalized spacial score (nSPS) is 43.0. The first-order valence-electron chi connectivity index (χ1n) is 16.3. The molecule has 44 heavy (non-hydrogen) atoms. The Morgan fingerprint density at radius 2 is 1.77 bits per heavy atom. The monoisotopic (exact) mass is 613 g/mol. The van der Waals surface area contributed by atoms with E-state index in [1.165, 1.54) is 4.90 Å². The van der Waals surface area contributed by atoms with Crippen molar-refractivity contribution in [1.82, 2.24) is 4.90 Å². The lowest BCUT2D eigenvalue weighted by Gasteiger charge is -2.53. The number of ether oxygens (including phenoxy) is 4. The van der Waals surface area contributed by atoms with Gasteiger partial charge in [0.25, 0.3) is 0 Å². The van der Waals surface area contributed by atoms with Gasteiger partial charge >= 0.3 is 12.1 Å². The molecule has 4 aliphatic carbocycles. The summed E-state index contributed by atoms with van der Waals surface area (Å²) in [5.41, 5.74) is -3.24. The summed E-state index contributed by atoms with van der Waals surface area (Å²) in [6.45, 7) is 21.7. The summed E-state index contributed by atoms with van der Waals surface area (Å²) < 4.78 is 24.7. The van der Waals surface area contributed by atoms with Crippen molar-refractivity contribution in [2.24, 2.45) is 39.9 Å². The Kier molecular flexibility index (Phi) is 6.79. The largest absolute Gasteiger partial charge is 0.453 e. The number of carbonyl (C=O) groups is 3. The maximum absolute atomic E-state index is 15.0. The first kappa shape index (κ1) is 31.7. The van der Waals surface area contributed by atoms with E-state index in [0.29, 0.717) is 30.0 Å². The average Bonchev–Trinajstić information content (AvgIpc) is 3.17. The Hall–Kier alpha value is -2.23. The van der Waals surface area contributed by atoms with E-state index >= 15 is 0 Å². The van der Waals surface area contributed by atoms with E-state index < -0.39 is 64.0 Å². The van der Waals surface area contributed by atoms with Gasteiger partial charge in [0, 0.05) is 12.5 Å². The van der Waals surface area contributed by atoms with Gasteiger partial charge in [-0.1, -0.05) is 46.8 Å². The molecule has 0 radical (unpaired) electrons. The van der Waals surface area contributed by atoms with Crippen molar-refractivity contribution in [2.45, 2.75) is 124 Å². The van der Waals surface area contributed by atoms with Crippen molar-refractivity contribution in [3.05, 3.63) is 23.3 Å². The second-order valence-electron chi connectivity index (χ2n) is 17.1. The maximum Gasteiger partial charge on any atom is 0.411 e. The van der Waals surface area contributed by atoms with Gasteiger partial charge in [-0.05, 0) is 94.1 Å². The maximum atomic E-state index is 15.0. The molecule has 6 aliphatic rings. The average molecular weight is 614 g/mol. The number of amides is 1. The molecular formula is C35H51NO8. The second-order valence-corrected chi connectivity index (χ2v) is 17.1. The summed E-state index contributed by atoms with van der Waals surface area (Å²) in [5, 5.41) is 13.3. The number of likely N-dealkylation sites (tertiary alicyclic amines) is 1. The number of Topliss-reactive ketones (excluding diaryl/α,β-unsaturated/α-hetero) is 1. The zero-order valence-corrected chi connectivity index (χ0v) is 28.3. The molecule has 1 amide bonds. The molecule has 244 valence electrons. The molecule has 0 aromatic heterocycles. The first-order chi connectivity index (χ1) is 20.1. The Morgan fingerprint density at radius 3 is 2.41 bits per heavy atom. The topological polar surface area (TPSA) is 112 Å². The number of allylic oxidation sites excluding steroid dienone is 1. The van der Waals surface area contributed by atoms with Crippen LogP contribution in [0.3, 0.4) is 0 Å². The molecule has 2 heterocycles. The third kappa shape index (κ3) is 4.31. The minimum atomic E-state index is -1.91. The molecular weight excluding hydrogens is 562 g/mol. The fourth-order valence-electron chi connectivity index (χ4n) is 9.54. The van der Waals surface area contributed by atoms with Crippen molar-refractivity contribution in [1.29, 1.82) is 0 Å². The van der Waals surface area contributed by atoms with Crippen molar-refractivity contribution in [3.8, 4) is 0 Å². The zero-order chi connectivity index (χ0) is 32.6. The minimum Gasteiger partial charge on any atom is -0.453 e.